The molecule has 2 bridgehead atoms. The topological polar surface area (TPSA) is 36.3 Å². The van der Waals surface area contributed by atoms with E-state index in [1.54, 1.807) is 0 Å². The molecule has 4 rings (SSSR count). The van der Waals surface area contributed by atoms with Crippen LogP contribution in [0, 0.1) is 6.92 Å². The van der Waals surface area contributed by atoms with Crippen molar-refractivity contribution in [3.05, 3.63) is 17.5 Å². The maximum absolute atomic E-state index is 4.60. The van der Waals surface area contributed by atoms with Gasteiger partial charge in [0.15, 0.2) is 0 Å². The summed E-state index contributed by atoms with van der Waals surface area (Å²) in [5.41, 5.74) is 2.51. The SMILES string of the molecule is CCNC(Cc1cc(C)nn1CC)C1CN2CCN1CC2. The number of piperazine rings is 3. The molecule has 3 saturated heterocycles. The van der Waals surface area contributed by atoms with Crippen LogP contribution >= 0.6 is 0 Å². The number of rotatable bonds is 6. The van der Waals surface area contributed by atoms with E-state index < -0.39 is 0 Å². The predicted molar refractivity (Wildman–Crippen MR) is 85.6 cm³/mol. The Morgan fingerprint density at radius 1 is 1.29 bits per heavy atom. The molecule has 0 radical (unpaired) electrons. The lowest BCUT2D eigenvalue weighted by molar-refractivity contribution is -0.00315. The molecule has 5 nitrogen and oxygen atoms in total. The van der Waals surface area contributed by atoms with E-state index in [2.05, 4.69) is 51.7 Å². The van der Waals surface area contributed by atoms with E-state index in [0.29, 0.717) is 12.1 Å². The normalized spacial score (nSPS) is 29.8. The lowest BCUT2D eigenvalue weighted by Crippen LogP contribution is -2.66. The van der Waals surface area contributed by atoms with Crippen molar-refractivity contribution < 1.29 is 0 Å². The van der Waals surface area contributed by atoms with Gasteiger partial charge in [-0.25, -0.2) is 0 Å². The van der Waals surface area contributed by atoms with E-state index in [4.69, 9.17) is 0 Å². The number of aryl methyl sites for hydroxylation is 2. The summed E-state index contributed by atoms with van der Waals surface area (Å²) in [6, 6.07) is 3.43. The summed E-state index contributed by atoms with van der Waals surface area (Å²) >= 11 is 0. The Morgan fingerprint density at radius 2 is 2.05 bits per heavy atom. The highest BCUT2D eigenvalue weighted by Crippen LogP contribution is 2.21. The number of fused-ring (bicyclic) bond motifs is 3. The monoisotopic (exact) mass is 291 g/mol. The molecule has 1 N–H and O–H groups in total. The van der Waals surface area contributed by atoms with E-state index in [-0.39, 0.29) is 0 Å². The molecule has 118 valence electrons. The first-order valence-electron chi connectivity index (χ1n) is 8.44. The van der Waals surface area contributed by atoms with Gasteiger partial charge in [-0.1, -0.05) is 6.92 Å². The van der Waals surface area contributed by atoms with Gasteiger partial charge in [-0.15, -0.1) is 0 Å². The van der Waals surface area contributed by atoms with Crippen LogP contribution in [0.1, 0.15) is 25.2 Å². The fourth-order valence-corrected chi connectivity index (χ4v) is 3.91. The number of hydrogen-bond acceptors (Lipinski definition) is 4. The first-order valence-corrected chi connectivity index (χ1v) is 8.44. The molecule has 21 heavy (non-hydrogen) atoms. The minimum atomic E-state index is 0.527. The highest BCUT2D eigenvalue weighted by molar-refractivity contribution is 5.12. The van der Waals surface area contributed by atoms with E-state index in [0.717, 1.165) is 25.2 Å². The molecule has 2 unspecified atom stereocenters. The second kappa shape index (κ2) is 6.46. The fraction of sp³-hybridized carbons (Fsp3) is 0.812. The molecule has 0 aliphatic carbocycles. The number of likely N-dealkylation sites (N-methyl/N-ethyl adjacent to an activating group) is 1. The maximum Gasteiger partial charge on any atom is 0.0596 e. The average Bonchev–Trinajstić information content (AvgIpc) is 2.87. The summed E-state index contributed by atoms with van der Waals surface area (Å²) in [6.45, 7) is 14.7. The minimum Gasteiger partial charge on any atom is -0.312 e. The van der Waals surface area contributed by atoms with Crippen LogP contribution in [0.15, 0.2) is 6.07 Å². The summed E-state index contributed by atoms with van der Waals surface area (Å²) in [4.78, 5) is 5.31. The lowest BCUT2D eigenvalue weighted by Gasteiger charge is -2.50. The lowest BCUT2D eigenvalue weighted by atomic mass is 9.96. The molecular weight excluding hydrogens is 262 g/mol. The number of nitrogens with zero attached hydrogens (tertiary/aromatic N) is 4. The van der Waals surface area contributed by atoms with Crippen molar-refractivity contribution in [2.45, 2.75) is 45.8 Å². The molecule has 0 aromatic carbocycles. The van der Waals surface area contributed by atoms with E-state index >= 15 is 0 Å². The van der Waals surface area contributed by atoms with Crippen molar-refractivity contribution >= 4 is 0 Å². The third-order valence-corrected chi connectivity index (χ3v) is 4.97. The molecule has 3 fully saturated rings. The zero-order valence-corrected chi connectivity index (χ0v) is 13.7. The largest absolute Gasteiger partial charge is 0.312 e. The second-order valence-corrected chi connectivity index (χ2v) is 6.37. The Bertz CT molecular complexity index is 461. The maximum atomic E-state index is 4.60. The molecule has 0 spiro atoms. The minimum absolute atomic E-state index is 0.527. The van der Waals surface area contributed by atoms with Crippen molar-refractivity contribution in [3.8, 4) is 0 Å². The zero-order valence-electron chi connectivity index (χ0n) is 13.7. The molecule has 3 aliphatic rings. The van der Waals surface area contributed by atoms with Crippen molar-refractivity contribution in [2.75, 3.05) is 39.3 Å². The van der Waals surface area contributed by atoms with Gasteiger partial charge in [-0.05, 0) is 26.5 Å². The zero-order chi connectivity index (χ0) is 14.8. The van der Waals surface area contributed by atoms with Crippen molar-refractivity contribution in [1.82, 2.24) is 24.9 Å². The van der Waals surface area contributed by atoms with Crippen molar-refractivity contribution in [1.29, 1.82) is 0 Å². The van der Waals surface area contributed by atoms with Gasteiger partial charge < -0.3 is 5.32 Å². The molecule has 5 heteroatoms. The second-order valence-electron chi connectivity index (χ2n) is 6.37. The standard InChI is InChI=1S/C16H29N5/c1-4-17-15(11-14-10-13(3)18-21(14)5-2)16-12-19-6-8-20(16)9-7-19/h10,15-17H,4-9,11-12H2,1-3H3. The Morgan fingerprint density at radius 3 is 2.62 bits per heavy atom. The van der Waals surface area contributed by atoms with Gasteiger partial charge in [-0.3, -0.25) is 14.5 Å². The molecule has 1 aromatic rings. The number of nitrogens with one attached hydrogen (secondary N) is 1. The van der Waals surface area contributed by atoms with E-state index in [1.165, 1.54) is 38.4 Å². The first kappa shape index (κ1) is 15.0. The van der Waals surface area contributed by atoms with Gasteiger partial charge in [0.25, 0.3) is 0 Å². The number of hydrogen-bond donors (Lipinski definition) is 1. The third-order valence-electron chi connectivity index (χ3n) is 4.97. The predicted octanol–water partition coefficient (Wildman–Crippen LogP) is 0.732. The van der Waals surface area contributed by atoms with Crippen LogP contribution in [0.2, 0.25) is 0 Å². The summed E-state index contributed by atoms with van der Waals surface area (Å²) in [5.74, 6) is 0. The van der Waals surface area contributed by atoms with Crippen molar-refractivity contribution in [2.24, 2.45) is 0 Å². The van der Waals surface area contributed by atoms with Gasteiger partial charge in [0.2, 0.25) is 0 Å². The smallest absolute Gasteiger partial charge is 0.0596 e. The van der Waals surface area contributed by atoms with Crippen LogP contribution in [0.5, 0.6) is 0 Å². The van der Waals surface area contributed by atoms with Crippen LogP contribution in [0.25, 0.3) is 0 Å². The van der Waals surface area contributed by atoms with Crippen molar-refractivity contribution in [3.63, 3.8) is 0 Å². The Kier molecular flexibility index (Phi) is 4.62. The van der Waals surface area contributed by atoms with Crippen LogP contribution in [0.4, 0.5) is 0 Å². The summed E-state index contributed by atoms with van der Waals surface area (Å²) in [7, 11) is 0. The van der Waals surface area contributed by atoms with E-state index in [1.807, 2.05) is 0 Å². The summed E-state index contributed by atoms with van der Waals surface area (Å²) in [6.07, 6.45) is 1.08. The van der Waals surface area contributed by atoms with Crippen LogP contribution in [-0.4, -0.2) is 70.9 Å². The van der Waals surface area contributed by atoms with Crippen LogP contribution < -0.4 is 5.32 Å². The molecule has 0 amide bonds. The third kappa shape index (κ3) is 3.15. The van der Waals surface area contributed by atoms with Gasteiger partial charge in [0, 0.05) is 63.5 Å². The Labute approximate surface area is 128 Å². The molecule has 3 aliphatic heterocycles. The summed E-state index contributed by atoms with van der Waals surface area (Å²) in [5, 5.41) is 8.34. The van der Waals surface area contributed by atoms with Gasteiger partial charge >= 0.3 is 0 Å². The van der Waals surface area contributed by atoms with Gasteiger partial charge in [0.05, 0.1) is 5.69 Å². The fourth-order valence-electron chi connectivity index (χ4n) is 3.91. The molecular formula is C16H29N5. The molecule has 1 aromatic heterocycles. The average molecular weight is 291 g/mol. The van der Waals surface area contributed by atoms with Gasteiger partial charge in [-0.2, -0.15) is 5.10 Å². The van der Waals surface area contributed by atoms with E-state index in [9.17, 15) is 0 Å². The van der Waals surface area contributed by atoms with Crippen LogP contribution in [-0.2, 0) is 13.0 Å². The quantitative estimate of drug-likeness (QED) is 0.838. The molecule has 0 saturated carbocycles. The molecule has 2 atom stereocenters. The molecule has 4 heterocycles. The number of aromatic nitrogens is 2. The van der Waals surface area contributed by atoms with Gasteiger partial charge in [0.1, 0.15) is 0 Å². The summed E-state index contributed by atoms with van der Waals surface area (Å²) < 4.78 is 2.16. The first-order chi connectivity index (χ1) is 10.2. The highest BCUT2D eigenvalue weighted by atomic mass is 15.4. The highest BCUT2D eigenvalue weighted by Gasteiger charge is 2.36. The van der Waals surface area contributed by atoms with Crippen LogP contribution in [0.3, 0.4) is 0 Å². The Balaban J connectivity index is 1.75. The Hall–Kier alpha value is -0.910.